The first kappa shape index (κ1) is 16.3. The highest BCUT2D eigenvalue weighted by atomic mass is 32.1. The van der Waals surface area contributed by atoms with Crippen LogP contribution >= 0.6 is 11.3 Å². The van der Waals surface area contributed by atoms with Crippen LogP contribution in [-0.2, 0) is 11.2 Å². The number of ether oxygens (including phenoxy) is 1. The fourth-order valence-corrected chi connectivity index (χ4v) is 2.96. The Bertz CT molecular complexity index is 491. The maximum Gasteiger partial charge on any atom is 0.263 e. The number of carbonyl (C=O) groups is 1. The third-order valence-corrected chi connectivity index (χ3v) is 4.63. The molecule has 0 bridgehead atoms. The first-order chi connectivity index (χ1) is 9.97. The smallest absolute Gasteiger partial charge is 0.263 e. The van der Waals surface area contributed by atoms with Crippen molar-refractivity contribution < 1.29 is 30.0 Å². The summed E-state index contributed by atoms with van der Waals surface area (Å²) in [7, 11) is 0. The quantitative estimate of drug-likeness (QED) is 0.478. The van der Waals surface area contributed by atoms with Crippen molar-refractivity contribution in [1.82, 2.24) is 5.32 Å². The molecule has 5 N–H and O–H groups in total. The maximum absolute atomic E-state index is 12.1. The van der Waals surface area contributed by atoms with E-state index in [1.807, 2.05) is 13.0 Å². The molecule has 5 atom stereocenters. The zero-order valence-electron chi connectivity index (χ0n) is 11.5. The third kappa shape index (κ3) is 3.42. The molecule has 1 aromatic rings. The van der Waals surface area contributed by atoms with Gasteiger partial charge in [0.25, 0.3) is 5.91 Å². The van der Waals surface area contributed by atoms with Crippen molar-refractivity contribution in [1.29, 1.82) is 0 Å². The summed E-state index contributed by atoms with van der Waals surface area (Å²) >= 11 is 1.33. The lowest BCUT2D eigenvalue weighted by molar-refractivity contribution is -0.233. The molecule has 1 fully saturated rings. The summed E-state index contributed by atoms with van der Waals surface area (Å²) in [6.07, 6.45) is -5.83. The van der Waals surface area contributed by atoms with Crippen molar-refractivity contribution in [2.45, 2.75) is 44.0 Å². The number of rotatable bonds is 4. The average molecular weight is 317 g/mol. The Morgan fingerprint density at radius 1 is 1.29 bits per heavy atom. The predicted octanol–water partition coefficient (Wildman–Crippen LogP) is -1.16. The molecule has 0 aromatic carbocycles. The molecule has 0 saturated carbocycles. The Morgan fingerprint density at radius 3 is 2.57 bits per heavy atom. The van der Waals surface area contributed by atoms with Crippen LogP contribution < -0.4 is 5.32 Å². The lowest BCUT2D eigenvalue weighted by Gasteiger charge is -2.40. The Hall–Kier alpha value is -1.03. The number of hydrogen-bond acceptors (Lipinski definition) is 7. The molecule has 0 aliphatic carbocycles. The van der Waals surface area contributed by atoms with Gasteiger partial charge in [-0.05, 0) is 18.6 Å². The predicted molar refractivity (Wildman–Crippen MR) is 74.9 cm³/mol. The summed E-state index contributed by atoms with van der Waals surface area (Å²) in [5, 5.41) is 40.7. The molecule has 1 aliphatic rings. The van der Waals surface area contributed by atoms with E-state index in [1.165, 1.54) is 11.3 Å². The fraction of sp³-hybridized carbons (Fsp3) is 0.615. The standard InChI is InChI=1S/C13H19NO6S/c1-2-6-3-4-8(21-6)12(19)14-13-11(18)10(17)9(16)7(5-15)20-13/h3-4,7,9-11,13,15-18H,2,5H2,1H3,(H,14,19)/t7-,9-,10+,11-,13?/m1/s1. The minimum absolute atomic E-state index is 0.441. The van der Waals surface area contributed by atoms with Gasteiger partial charge in [0.1, 0.15) is 24.4 Å². The average Bonchev–Trinajstić information content (AvgIpc) is 2.96. The summed E-state index contributed by atoms with van der Waals surface area (Å²) in [5.41, 5.74) is 0. The van der Waals surface area contributed by atoms with E-state index in [-0.39, 0.29) is 0 Å². The van der Waals surface area contributed by atoms with E-state index in [0.717, 1.165) is 11.3 Å². The highest BCUT2D eigenvalue weighted by Crippen LogP contribution is 2.21. The zero-order chi connectivity index (χ0) is 15.6. The number of aryl methyl sites for hydroxylation is 1. The van der Waals surface area contributed by atoms with Crippen molar-refractivity contribution in [2.75, 3.05) is 6.61 Å². The minimum atomic E-state index is -1.50. The van der Waals surface area contributed by atoms with Crippen LogP contribution in [0.2, 0.25) is 0 Å². The van der Waals surface area contributed by atoms with E-state index in [9.17, 15) is 20.1 Å². The van der Waals surface area contributed by atoms with Crippen LogP contribution in [0.1, 0.15) is 21.5 Å². The Balaban J connectivity index is 2.05. The summed E-state index contributed by atoms with van der Waals surface area (Å²) in [6, 6.07) is 3.51. The molecule has 1 unspecified atom stereocenters. The largest absolute Gasteiger partial charge is 0.394 e. The second-order valence-electron chi connectivity index (χ2n) is 4.84. The van der Waals surface area contributed by atoms with Crippen LogP contribution in [-0.4, -0.2) is 63.6 Å². The van der Waals surface area contributed by atoms with Crippen LogP contribution in [0.4, 0.5) is 0 Å². The van der Waals surface area contributed by atoms with Crippen LogP contribution in [0.3, 0.4) is 0 Å². The number of hydrogen-bond donors (Lipinski definition) is 5. The second-order valence-corrected chi connectivity index (χ2v) is 6.01. The highest BCUT2D eigenvalue weighted by Gasteiger charge is 2.44. The van der Waals surface area contributed by atoms with Crippen molar-refractivity contribution in [3.8, 4) is 0 Å². The fourth-order valence-electron chi connectivity index (χ4n) is 2.11. The first-order valence-electron chi connectivity index (χ1n) is 6.68. The maximum atomic E-state index is 12.1. The van der Waals surface area contributed by atoms with E-state index in [2.05, 4.69) is 5.32 Å². The van der Waals surface area contributed by atoms with E-state index >= 15 is 0 Å². The summed E-state index contributed by atoms with van der Waals surface area (Å²) in [5.74, 6) is -0.441. The van der Waals surface area contributed by atoms with Crippen molar-refractivity contribution in [2.24, 2.45) is 0 Å². The number of aliphatic hydroxyl groups is 4. The first-order valence-corrected chi connectivity index (χ1v) is 7.49. The third-order valence-electron chi connectivity index (χ3n) is 3.40. The van der Waals surface area contributed by atoms with Crippen molar-refractivity contribution in [3.05, 3.63) is 21.9 Å². The van der Waals surface area contributed by atoms with Gasteiger partial charge in [0.05, 0.1) is 11.5 Å². The van der Waals surface area contributed by atoms with E-state index in [0.29, 0.717) is 4.88 Å². The zero-order valence-corrected chi connectivity index (χ0v) is 12.3. The van der Waals surface area contributed by atoms with Crippen molar-refractivity contribution >= 4 is 17.2 Å². The van der Waals surface area contributed by atoms with Gasteiger partial charge in [-0.25, -0.2) is 0 Å². The Kier molecular flexibility index (Phi) is 5.31. The number of aliphatic hydroxyl groups excluding tert-OH is 4. The molecule has 2 rings (SSSR count). The molecular weight excluding hydrogens is 298 g/mol. The van der Waals surface area contributed by atoms with Gasteiger partial charge in [-0.1, -0.05) is 6.92 Å². The molecule has 118 valence electrons. The summed E-state index contributed by atoms with van der Waals surface area (Å²) in [4.78, 5) is 13.6. The molecule has 1 amide bonds. The molecule has 1 aliphatic heterocycles. The minimum Gasteiger partial charge on any atom is -0.394 e. The van der Waals surface area contributed by atoms with Gasteiger partial charge in [-0.15, -0.1) is 11.3 Å². The molecule has 21 heavy (non-hydrogen) atoms. The molecule has 0 spiro atoms. The SMILES string of the molecule is CCc1ccc(C(=O)NC2O[C@H](CO)[C@@H](O)[C@H](O)[C@H]2O)s1. The molecular formula is C13H19NO6S. The van der Waals surface area contributed by atoms with Gasteiger partial charge in [0.2, 0.25) is 0 Å². The van der Waals surface area contributed by atoms with Gasteiger partial charge >= 0.3 is 0 Å². The monoisotopic (exact) mass is 317 g/mol. The molecule has 0 radical (unpaired) electrons. The van der Waals surface area contributed by atoms with Gasteiger partial charge in [0, 0.05) is 4.88 Å². The number of nitrogens with one attached hydrogen (secondary N) is 1. The number of carbonyl (C=O) groups excluding carboxylic acids is 1. The molecule has 8 heteroatoms. The van der Waals surface area contributed by atoms with Crippen LogP contribution in [0, 0.1) is 0 Å². The molecule has 1 saturated heterocycles. The molecule has 2 heterocycles. The summed E-state index contributed by atoms with van der Waals surface area (Å²) in [6.45, 7) is 1.45. The Morgan fingerprint density at radius 2 is 2.00 bits per heavy atom. The number of amides is 1. The van der Waals surface area contributed by atoms with Crippen LogP contribution in [0.15, 0.2) is 12.1 Å². The molecule has 1 aromatic heterocycles. The highest BCUT2D eigenvalue weighted by molar-refractivity contribution is 7.14. The van der Waals surface area contributed by atoms with E-state index in [4.69, 9.17) is 9.84 Å². The number of thiophene rings is 1. The van der Waals surface area contributed by atoms with Gasteiger partial charge in [-0.2, -0.15) is 0 Å². The van der Waals surface area contributed by atoms with Crippen LogP contribution in [0.25, 0.3) is 0 Å². The van der Waals surface area contributed by atoms with E-state index < -0.39 is 43.2 Å². The normalized spacial score (nSPS) is 32.9. The Labute approximate surface area is 125 Å². The van der Waals surface area contributed by atoms with Crippen LogP contribution in [0.5, 0.6) is 0 Å². The topological polar surface area (TPSA) is 119 Å². The second kappa shape index (κ2) is 6.82. The van der Waals surface area contributed by atoms with E-state index in [1.54, 1.807) is 6.07 Å². The lowest BCUT2D eigenvalue weighted by atomic mass is 9.98. The lowest BCUT2D eigenvalue weighted by Crippen LogP contribution is -2.63. The molecule has 7 nitrogen and oxygen atoms in total. The van der Waals surface area contributed by atoms with Gasteiger partial charge in [-0.3, -0.25) is 4.79 Å². The van der Waals surface area contributed by atoms with Gasteiger partial charge in [0.15, 0.2) is 6.23 Å². The summed E-state index contributed by atoms with van der Waals surface area (Å²) < 4.78 is 5.22. The van der Waals surface area contributed by atoms with Gasteiger partial charge < -0.3 is 30.5 Å². The van der Waals surface area contributed by atoms with Crippen molar-refractivity contribution in [3.63, 3.8) is 0 Å².